The molecule has 0 bridgehead atoms. The minimum absolute atomic E-state index is 0.0147. The molecule has 1 aliphatic rings. The van der Waals surface area contributed by atoms with Gasteiger partial charge in [0.15, 0.2) is 0 Å². The molecule has 92 valence electrons. The molecule has 1 rings (SSSR count). The number of nitrogens with one attached hydrogen (secondary N) is 1. The van der Waals surface area contributed by atoms with Gasteiger partial charge in [-0.1, -0.05) is 0 Å². The van der Waals surface area contributed by atoms with Gasteiger partial charge in [-0.2, -0.15) is 0 Å². The average molecular weight is 229 g/mol. The third-order valence-corrected chi connectivity index (χ3v) is 3.07. The smallest absolute Gasteiger partial charge is 0.305 e. The van der Waals surface area contributed by atoms with Crippen LogP contribution in [0.5, 0.6) is 0 Å². The molecule has 0 unspecified atom stereocenters. The molecule has 1 heterocycles. The number of hydrogen-bond donors (Lipinski definition) is 2. The Hall–Kier alpha value is -1.14. The predicted octanol–water partition coefficient (Wildman–Crippen LogP) is -1.18. The van der Waals surface area contributed by atoms with Crippen molar-refractivity contribution < 1.29 is 14.7 Å². The summed E-state index contributed by atoms with van der Waals surface area (Å²) >= 11 is 0. The molecular weight excluding hydrogens is 210 g/mol. The van der Waals surface area contributed by atoms with E-state index in [-0.39, 0.29) is 18.9 Å². The van der Waals surface area contributed by atoms with Crippen LogP contribution in [0.2, 0.25) is 0 Å². The van der Waals surface area contributed by atoms with Crippen LogP contribution in [-0.2, 0) is 9.59 Å². The molecule has 1 fully saturated rings. The number of rotatable bonds is 5. The summed E-state index contributed by atoms with van der Waals surface area (Å²) in [6.45, 7) is 1.50. The maximum absolute atomic E-state index is 11.5. The highest BCUT2D eigenvalue weighted by Gasteiger charge is 2.43. The molecule has 0 aromatic carbocycles. The second-order valence-electron chi connectivity index (χ2n) is 4.54. The molecule has 6 heteroatoms. The zero-order valence-corrected chi connectivity index (χ0v) is 9.99. The lowest BCUT2D eigenvalue weighted by Crippen LogP contribution is -2.69. The fraction of sp³-hybridized carbons (Fsp3) is 0.800. The van der Waals surface area contributed by atoms with Crippen molar-refractivity contribution in [2.75, 3.05) is 40.8 Å². The number of carboxylic acids is 1. The molecule has 2 N–H and O–H groups in total. The quantitative estimate of drug-likeness (QED) is 0.621. The Labute approximate surface area is 95.2 Å². The third kappa shape index (κ3) is 2.70. The molecule has 1 amide bonds. The molecule has 16 heavy (non-hydrogen) atoms. The van der Waals surface area contributed by atoms with Crippen molar-refractivity contribution in [2.24, 2.45) is 0 Å². The van der Waals surface area contributed by atoms with E-state index in [4.69, 9.17) is 5.11 Å². The highest BCUT2D eigenvalue weighted by Crippen LogP contribution is 2.23. The fourth-order valence-electron chi connectivity index (χ4n) is 1.74. The summed E-state index contributed by atoms with van der Waals surface area (Å²) in [6.07, 6.45) is 0.0667. The van der Waals surface area contributed by atoms with Crippen LogP contribution in [-0.4, -0.2) is 73.1 Å². The Morgan fingerprint density at radius 3 is 2.19 bits per heavy atom. The highest BCUT2D eigenvalue weighted by molar-refractivity contribution is 5.78. The molecule has 1 saturated heterocycles. The van der Waals surface area contributed by atoms with Gasteiger partial charge in [0.2, 0.25) is 5.91 Å². The topological polar surface area (TPSA) is 72.9 Å². The number of hydrogen-bond acceptors (Lipinski definition) is 4. The van der Waals surface area contributed by atoms with Gasteiger partial charge in [0.25, 0.3) is 0 Å². The van der Waals surface area contributed by atoms with Crippen LogP contribution in [0.4, 0.5) is 0 Å². The Morgan fingerprint density at radius 1 is 1.31 bits per heavy atom. The molecule has 0 aliphatic carbocycles. The van der Waals surface area contributed by atoms with Crippen molar-refractivity contribution >= 4 is 11.9 Å². The van der Waals surface area contributed by atoms with Crippen LogP contribution in [0.25, 0.3) is 0 Å². The first-order valence-electron chi connectivity index (χ1n) is 5.21. The zero-order valence-electron chi connectivity index (χ0n) is 9.99. The van der Waals surface area contributed by atoms with Crippen LogP contribution in [0.3, 0.4) is 0 Å². The van der Waals surface area contributed by atoms with Gasteiger partial charge in [-0.25, -0.2) is 0 Å². The molecular formula is C10H19N3O3. The van der Waals surface area contributed by atoms with Gasteiger partial charge < -0.3 is 15.3 Å². The second-order valence-corrected chi connectivity index (χ2v) is 4.54. The highest BCUT2D eigenvalue weighted by atomic mass is 16.4. The lowest BCUT2D eigenvalue weighted by Gasteiger charge is -2.48. The summed E-state index contributed by atoms with van der Waals surface area (Å²) in [5.41, 5.74) is -0.405. The van der Waals surface area contributed by atoms with Gasteiger partial charge in [-0.15, -0.1) is 0 Å². The monoisotopic (exact) mass is 229 g/mol. The zero-order chi connectivity index (χ0) is 12.3. The van der Waals surface area contributed by atoms with Crippen molar-refractivity contribution in [3.8, 4) is 0 Å². The van der Waals surface area contributed by atoms with E-state index < -0.39 is 11.5 Å². The summed E-state index contributed by atoms with van der Waals surface area (Å²) in [4.78, 5) is 25.7. The van der Waals surface area contributed by atoms with Gasteiger partial charge in [0.05, 0.1) is 18.5 Å². The molecule has 0 atom stereocenters. The largest absolute Gasteiger partial charge is 0.481 e. The van der Waals surface area contributed by atoms with Crippen molar-refractivity contribution in [1.82, 2.24) is 15.1 Å². The van der Waals surface area contributed by atoms with E-state index in [1.165, 1.54) is 4.90 Å². The molecule has 1 aliphatic heterocycles. The number of carbonyl (C=O) groups is 2. The van der Waals surface area contributed by atoms with Crippen molar-refractivity contribution in [3.63, 3.8) is 0 Å². The van der Waals surface area contributed by atoms with Gasteiger partial charge in [-0.3, -0.25) is 14.5 Å². The van der Waals surface area contributed by atoms with Gasteiger partial charge in [-0.05, 0) is 7.05 Å². The van der Waals surface area contributed by atoms with E-state index in [0.29, 0.717) is 13.1 Å². The minimum atomic E-state index is -0.828. The number of amides is 1. The van der Waals surface area contributed by atoms with Crippen LogP contribution in [0.1, 0.15) is 6.42 Å². The summed E-state index contributed by atoms with van der Waals surface area (Å²) in [7, 11) is 5.18. The molecule has 0 aromatic heterocycles. The SMILES string of the molecule is CN(C)C(=O)CN(C)C1(CC(=O)O)CNC1. The molecule has 6 nitrogen and oxygen atoms in total. The Balaban J connectivity index is 2.59. The Kier molecular flexibility index (Phi) is 3.88. The van der Waals surface area contributed by atoms with E-state index in [1.807, 2.05) is 4.90 Å². The molecule has 0 aromatic rings. The summed E-state index contributed by atoms with van der Waals surface area (Å²) in [6, 6.07) is 0. The first-order chi connectivity index (χ1) is 7.37. The normalized spacial score (nSPS) is 18.0. The van der Waals surface area contributed by atoms with Gasteiger partial charge >= 0.3 is 5.97 Å². The first kappa shape index (κ1) is 12.9. The standard InChI is InChI=1S/C10H19N3O3/c1-12(2)8(14)5-13(3)10(4-9(15)16)6-11-7-10/h11H,4-7H2,1-3H3,(H,15,16). The van der Waals surface area contributed by atoms with Gasteiger partial charge in [0.1, 0.15) is 0 Å². The van der Waals surface area contributed by atoms with Crippen LogP contribution < -0.4 is 5.32 Å². The average Bonchev–Trinajstić information content (AvgIpc) is 2.10. The summed E-state index contributed by atoms with van der Waals surface area (Å²) in [5, 5.41) is 11.9. The van der Waals surface area contributed by atoms with E-state index in [2.05, 4.69) is 5.32 Å². The lowest BCUT2D eigenvalue weighted by molar-refractivity contribution is -0.143. The maximum Gasteiger partial charge on any atom is 0.305 e. The minimum Gasteiger partial charge on any atom is -0.481 e. The van der Waals surface area contributed by atoms with E-state index in [9.17, 15) is 9.59 Å². The lowest BCUT2D eigenvalue weighted by atomic mass is 9.87. The predicted molar refractivity (Wildman–Crippen MR) is 59.2 cm³/mol. The Bertz CT molecular complexity index is 287. The van der Waals surface area contributed by atoms with Crippen LogP contribution >= 0.6 is 0 Å². The van der Waals surface area contributed by atoms with Crippen LogP contribution in [0, 0.1) is 0 Å². The maximum atomic E-state index is 11.5. The first-order valence-corrected chi connectivity index (χ1v) is 5.21. The Morgan fingerprint density at radius 2 is 1.88 bits per heavy atom. The second kappa shape index (κ2) is 4.80. The van der Waals surface area contributed by atoms with Crippen molar-refractivity contribution in [3.05, 3.63) is 0 Å². The number of carbonyl (C=O) groups excluding carboxylic acids is 1. The van der Waals surface area contributed by atoms with Crippen molar-refractivity contribution in [2.45, 2.75) is 12.0 Å². The fourth-order valence-corrected chi connectivity index (χ4v) is 1.74. The summed E-state index contributed by atoms with van der Waals surface area (Å²) in [5.74, 6) is -0.843. The number of aliphatic carboxylic acids is 1. The number of carboxylic acid groups (broad SMARTS) is 1. The van der Waals surface area contributed by atoms with E-state index >= 15 is 0 Å². The number of nitrogens with zero attached hydrogens (tertiary/aromatic N) is 2. The van der Waals surface area contributed by atoms with Gasteiger partial charge in [0, 0.05) is 27.2 Å². The van der Waals surface area contributed by atoms with E-state index in [0.717, 1.165) is 0 Å². The van der Waals surface area contributed by atoms with Crippen molar-refractivity contribution in [1.29, 1.82) is 0 Å². The molecule has 0 radical (unpaired) electrons. The molecule has 0 saturated carbocycles. The summed E-state index contributed by atoms with van der Waals surface area (Å²) < 4.78 is 0. The molecule has 0 spiro atoms. The van der Waals surface area contributed by atoms with Crippen LogP contribution in [0.15, 0.2) is 0 Å². The van der Waals surface area contributed by atoms with E-state index in [1.54, 1.807) is 21.1 Å². The number of likely N-dealkylation sites (N-methyl/N-ethyl adjacent to an activating group) is 2. The third-order valence-electron chi connectivity index (χ3n) is 3.07.